The topological polar surface area (TPSA) is 76.1 Å². The molecule has 2 aromatic carbocycles. The van der Waals surface area contributed by atoms with Gasteiger partial charge >= 0.3 is 0 Å². The summed E-state index contributed by atoms with van der Waals surface area (Å²) < 4.78 is 35.0. The van der Waals surface area contributed by atoms with Gasteiger partial charge in [0.15, 0.2) is 9.84 Å². The lowest BCUT2D eigenvalue weighted by molar-refractivity contribution is 0.0524. The first-order chi connectivity index (χ1) is 14.8. The van der Waals surface area contributed by atoms with Crippen LogP contribution in [0.15, 0.2) is 48.5 Å². The van der Waals surface area contributed by atoms with E-state index in [0.717, 1.165) is 11.3 Å². The summed E-state index contributed by atoms with van der Waals surface area (Å²) in [6.07, 6.45) is -0.144. The van der Waals surface area contributed by atoms with E-state index in [-0.39, 0.29) is 24.2 Å². The quantitative estimate of drug-likeness (QED) is 0.603. The molecule has 1 saturated heterocycles. The molecule has 0 bridgehead atoms. The van der Waals surface area contributed by atoms with E-state index in [9.17, 15) is 13.5 Å². The lowest BCUT2D eigenvalue weighted by Crippen LogP contribution is -2.42. The first kappa shape index (κ1) is 23.6. The molecule has 31 heavy (non-hydrogen) atoms. The van der Waals surface area contributed by atoms with Crippen molar-refractivity contribution in [2.75, 3.05) is 31.8 Å². The molecule has 1 N–H and O–H groups in total. The fourth-order valence-corrected chi connectivity index (χ4v) is 5.60. The number of sulfone groups is 1. The van der Waals surface area contributed by atoms with Crippen LogP contribution in [0.25, 0.3) is 0 Å². The van der Waals surface area contributed by atoms with Gasteiger partial charge in [0.2, 0.25) is 0 Å². The van der Waals surface area contributed by atoms with E-state index in [2.05, 4.69) is 18.7 Å². The Morgan fingerprint density at radius 2 is 1.71 bits per heavy atom. The van der Waals surface area contributed by atoms with Crippen molar-refractivity contribution in [2.45, 2.75) is 44.9 Å². The molecule has 3 rings (SSSR count). The summed E-state index contributed by atoms with van der Waals surface area (Å²) in [7, 11) is -1.40. The molecule has 0 aliphatic carbocycles. The molecule has 1 aliphatic rings. The van der Waals surface area contributed by atoms with Gasteiger partial charge in [-0.3, -0.25) is 4.90 Å². The Morgan fingerprint density at radius 1 is 1.06 bits per heavy atom. The van der Waals surface area contributed by atoms with Gasteiger partial charge in [0.25, 0.3) is 0 Å². The number of aliphatic hydroxyl groups excluding tert-OH is 1. The van der Waals surface area contributed by atoms with E-state index in [1.165, 1.54) is 5.56 Å². The van der Waals surface area contributed by atoms with Crippen LogP contribution in [-0.2, 0) is 16.4 Å². The minimum atomic E-state index is -3.02. The van der Waals surface area contributed by atoms with Gasteiger partial charge in [-0.05, 0) is 47.7 Å². The molecule has 7 heteroatoms. The first-order valence-electron chi connectivity index (χ1n) is 10.7. The number of aliphatic hydroxyl groups is 1. The Hall–Kier alpha value is -2.09. The third-order valence-electron chi connectivity index (χ3n) is 5.70. The average Bonchev–Trinajstić information content (AvgIpc) is 3.12. The lowest BCUT2D eigenvalue weighted by atomic mass is 10.0. The maximum atomic E-state index is 12.0. The summed E-state index contributed by atoms with van der Waals surface area (Å²) in [6, 6.07) is 15.5. The van der Waals surface area contributed by atoms with Crippen LogP contribution in [0.5, 0.6) is 11.5 Å². The highest BCUT2D eigenvalue weighted by Crippen LogP contribution is 2.22. The smallest absolute Gasteiger partial charge is 0.151 e. The first-order valence-corrected chi connectivity index (χ1v) is 12.6. The number of benzene rings is 2. The zero-order valence-corrected chi connectivity index (χ0v) is 19.3. The van der Waals surface area contributed by atoms with Crippen LogP contribution in [-0.4, -0.2) is 62.3 Å². The highest BCUT2D eigenvalue weighted by Gasteiger charge is 2.33. The number of rotatable bonds is 10. The van der Waals surface area contributed by atoms with Crippen LogP contribution in [0, 0.1) is 0 Å². The molecule has 1 aliphatic heterocycles. The van der Waals surface area contributed by atoms with E-state index < -0.39 is 15.9 Å². The Bertz CT molecular complexity index is 925. The van der Waals surface area contributed by atoms with Crippen molar-refractivity contribution >= 4 is 9.84 Å². The number of methoxy groups -OCH3 is 1. The maximum absolute atomic E-state index is 12.0. The van der Waals surface area contributed by atoms with Gasteiger partial charge in [0.1, 0.15) is 24.2 Å². The van der Waals surface area contributed by atoms with Crippen LogP contribution in [0.3, 0.4) is 0 Å². The third-order valence-corrected chi connectivity index (χ3v) is 7.45. The number of nitrogens with zero attached hydrogens (tertiary/aromatic N) is 1. The average molecular weight is 448 g/mol. The fourth-order valence-electron chi connectivity index (χ4n) is 3.84. The molecule has 2 unspecified atom stereocenters. The fraction of sp³-hybridized carbons (Fsp3) is 0.500. The van der Waals surface area contributed by atoms with E-state index in [4.69, 9.17) is 9.47 Å². The molecule has 6 nitrogen and oxygen atoms in total. The molecule has 0 aromatic heterocycles. The standard InChI is InChI=1S/C24H33NO5S/c1-18(2)20-6-10-24(11-7-20)30-16-22(26)15-25(21-12-13-31(27,28)17-21)14-19-4-8-23(29-3)9-5-19/h4-11,18,21-22,26H,12-17H2,1-3H3. The Balaban J connectivity index is 1.62. The van der Waals surface area contributed by atoms with Gasteiger partial charge in [-0.2, -0.15) is 0 Å². The molecular weight excluding hydrogens is 414 g/mol. The zero-order valence-electron chi connectivity index (χ0n) is 18.5. The third kappa shape index (κ3) is 6.95. The molecule has 0 saturated carbocycles. The summed E-state index contributed by atoms with van der Waals surface area (Å²) >= 11 is 0. The number of hydrogen-bond acceptors (Lipinski definition) is 6. The molecule has 2 aromatic rings. The molecule has 170 valence electrons. The normalized spacial score (nSPS) is 19.0. The molecule has 2 atom stereocenters. The van der Waals surface area contributed by atoms with Gasteiger partial charge in [-0.15, -0.1) is 0 Å². The maximum Gasteiger partial charge on any atom is 0.151 e. The molecule has 0 amide bonds. The second-order valence-electron chi connectivity index (χ2n) is 8.52. The number of hydrogen-bond donors (Lipinski definition) is 1. The van der Waals surface area contributed by atoms with Crippen molar-refractivity contribution in [2.24, 2.45) is 0 Å². The number of ether oxygens (including phenoxy) is 2. The molecule has 0 radical (unpaired) electrons. The van der Waals surface area contributed by atoms with E-state index in [0.29, 0.717) is 31.2 Å². The zero-order chi connectivity index (χ0) is 22.4. The van der Waals surface area contributed by atoms with Crippen molar-refractivity contribution in [3.63, 3.8) is 0 Å². The second-order valence-corrected chi connectivity index (χ2v) is 10.8. The van der Waals surface area contributed by atoms with Crippen molar-refractivity contribution < 1.29 is 23.0 Å². The van der Waals surface area contributed by atoms with Crippen LogP contribution >= 0.6 is 0 Å². The second kappa shape index (κ2) is 10.5. The molecule has 0 spiro atoms. The lowest BCUT2D eigenvalue weighted by Gasteiger charge is -2.30. The van der Waals surface area contributed by atoms with Crippen LogP contribution < -0.4 is 9.47 Å². The Morgan fingerprint density at radius 3 is 2.26 bits per heavy atom. The van der Waals surface area contributed by atoms with Gasteiger partial charge in [0, 0.05) is 19.1 Å². The molecule has 1 fully saturated rings. The van der Waals surface area contributed by atoms with Crippen LogP contribution in [0.2, 0.25) is 0 Å². The summed E-state index contributed by atoms with van der Waals surface area (Å²) in [6.45, 7) is 5.33. The van der Waals surface area contributed by atoms with E-state index >= 15 is 0 Å². The van der Waals surface area contributed by atoms with Crippen molar-refractivity contribution in [3.05, 3.63) is 59.7 Å². The van der Waals surface area contributed by atoms with Crippen molar-refractivity contribution in [1.29, 1.82) is 0 Å². The molecular formula is C24H33NO5S. The summed E-state index contributed by atoms with van der Waals surface area (Å²) in [5, 5.41) is 10.6. The highest BCUT2D eigenvalue weighted by atomic mass is 32.2. The predicted molar refractivity (Wildman–Crippen MR) is 122 cm³/mol. The van der Waals surface area contributed by atoms with Gasteiger partial charge in [-0.25, -0.2) is 8.42 Å². The summed E-state index contributed by atoms with van der Waals surface area (Å²) in [5.74, 6) is 2.28. The van der Waals surface area contributed by atoms with Crippen LogP contribution in [0.1, 0.15) is 37.3 Å². The minimum absolute atomic E-state index is 0.105. The molecule has 1 heterocycles. The van der Waals surface area contributed by atoms with Crippen LogP contribution in [0.4, 0.5) is 0 Å². The summed E-state index contributed by atoms with van der Waals surface area (Å²) in [5.41, 5.74) is 2.28. The van der Waals surface area contributed by atoms with Crippen molar-refractivity contribution in [1.82, 2.24) is 4.90 Å². The predicted octanol–water partition coefficient (Wildman–Crippen LogP) is 3.25. The Labute approximate surface area is 185 Å². The van der Waals surface area contributed by atoms with Crippen molar-refractivity contribution in [3.8, 4) is 11.5 Å². The highest BCUT2D eigenvalue weighted by molar-refractivity contribution is 7.91. The monoisotopic (exact) mass is 447 g/mol. The van der Waals surface area contributed by atoms with Gasteiger partial charge < -0.3 is 14.6 Å². The summed E-state index contributed by atoms with van der Waals surface area (Å²) in [4.78, 5) is 2.06. The van der Waals surface area contributed by atoms with E-state index in [1.54, 1.807) is 7.11 Å². The SMILES string of the molecule is COc1ccc(CN(CC(O)COc2ccc(C(C)C)cc2)C2CCS(=O)(=O)C2)cc1. The van der Waals surface area contributed by atoms with E-state index in [1.807, 2.05) is 48.5 Å². The minimum Gasteiger partial charge on any atom is -0.497 e. The van der Waals surface area contributed by atoms with Gasteiger partial charge in [0.05, 0.1) is 18.6 Å². The largest absolute Gasteiger partial charge is 0.497 e. The van der Waals surface area contributed by atoms with Gasteiger partial charge in [-0.1, -0.05) is 38.1 Å². The Kier molecular flexibility index (Phi) is 7.97.